The van der Waals surface area contributed by atoms with Crippen LogP contribution in [-0.2, 0) is 28.6 Å². The Hall–Kier alpha value is -3.67. The van der Waals surface area contributed by atoms with E-state index in [-0.39, 0.29) is 31.1 Å². The number of carbonyl (C=O) groups excluding carboxylic acids is 3. The topological polar surface area (TPSA) is 78.9 Å². The molecule has 0 radical (unpaired) electrons. The number of allylic oxidation sites excluding steroid dienone is 16. The van der Waals surface area contributed by atoms with Crippen LogP contribution >= 0.6 is 0 Å². The van der Waals surface area contributed by atoms with Crippen molar-refractivity contribution in [2.45, 2.75) is 271 Å². The molecule has 69 heavy (non-hydrogen) atoms. The largest absolute Gasteiger partial charge is 0.462 e. The summed E-state index contributed by atoms with van der Waals surface area (Å²) in [4.78, 5) is 38.2. The van der Waals surface area contributed by atoms with Gasteiger partial charge in [0.15, 0.2) is 6.10 Å². The van der Waals surface area contributed by atoms with Gasteiger partial charge in [-0.3, -0.25) is 14.4 Å². The smallest absolute Gasteiger partial charge is 0.306 e. The zero-order valence-corrected chi connectivity index (χ0v) is 45.0. The highest BCUT2D eigenvalue weighted by Gasteiger charge is 2.19. The van der Waals surface area contributed by atoms with Crippen LogP contribution in [0.4, 0.5) is 0 Å². The van der Waals surface area contributed by atoms with E-state index in [4.69, 9.17) is 14.2 Å². The van der Waals surface area contributed by atoms with E-state index in [1.165, 1.54) is 109 Å². The van der Waals surface area contributed by atoms with E-state index in [0.717, 1.165) is 116 Å². The lowest BCUT2D eigenvalue weighted by atomic mass is 10.0. The van der Waals surface area contributed by atoms with Gasteiger partial charge in [0.25, 0.3) is 0 Å². The van der Waals surface area contributed by atoms with Gasteiger partial charge < -0.3 is 14.2 Å². The first-order valence-electron chi connectivity index (χ1n) is 28.8. The van der Waals surface area contributed by atoms with E-state index in [1.54, 1.807) is 0 Å². The molecule has 0 saturated heterocycles. The Balaban J connectivity index is 4.44. The first-order chi connectivity index (χ1) is 34.0. The van der Waals surface area contributed by atoms with Crippen LogP contribution < -0.4 is 0 Å². The van der Waals surface area contributed by atoms with Crippen molar-refractivity contribution in [2.24, 2.45) is 0 Å². The summed E-state index contributed by atoms with van der Waals surface area (Å²) in [5.74, 6) is -0.937. The molecule has 0 fully saturated rings. The second-order valence-electron chi connectivity index (χ2n) is 18.9. The van der Waals surface area contributed by atoms with Crippen molar-refractivity contribution in [2.75, 3.05) is 13.2 Å². The second kappa shape index (κ2) is 56.9. The molecule has 0 spiro atoms. The summed E-state index contributed by atoms with van der Waals surface area (Å²) in [6.07, 6.45) is 75.4. The van der Waals surface area contributed by atoms with Crippen molar-refractivity contribution in [3.05, 3.63) is 97.2 Å². The van der Waals surface area contributed by atoms with Crippen molar-refractivity contribution in [1.29, 1.82) is 0 Å². The number of esters is 3. The van der Waals surface area contributed by atoms with Crippen molar-refractivity contribution < 1.29 is 28.6 Å². The fourth-order valence-corrected chi connectivity index (χ4v) is 7.90. The molecule has 0 heterocycles. The molecule has 0 saturated carbocycles. The molecule has 394 valence electrons. The minimum absolute atomic E-state index is 0.0943. The summed E-state index contributed by atoms with van der Waals surface area (Å²) in [6.45, 7) is 6.42. The molecular weight excluding hydrogens is 853 g/mol. The van der Waals surface area contributed by atoms with Crippen LogP contribution in [0.25, 0.3) is 0 Å². The highest BCUT2D eigenvalue weighted by Crippen LogP contribution is 2.16. The first kappa shape index (κ1) is 65.3. The Morgan fingerprint density at radius 2 is 0.652 bits per heavy atom. The van der Waals surface area contributed by atoms with Gasteiger partial charge >= 0.3 is 17.9 Å². The van der Waals surface area contributed by atoms with Crippen molar-refractivity contribution >= 4 is 17.9 Å². The van der Waals surface area contributed by atoms with E-state index in [0.29, 0.717) is 19.3 Å². The van der Waals surface area contributed by atoms with Gasteiger partial charge in [0.05, 0.1) is 0 Å². The number of ether oxygens (including phenoxy) is 3. The van der Waals surface area contributed by atoms with Crippen LogP contribution in [0.2, 0.25) is 0 Å². The maximum atomic E-state index is 12.9. The predicted molar refractivity (Wildman–Crippen MR) is 297 cm³/mol. The van der Waals surface area contributed by atoms with Gasteiger partial charge in [-0.25, -0.2) is 0 Å². The maximum absolute atomic E-state index is 12.9. The fourth-order valence-electron chi connectivity index (χ4n) is 7.90. The standard InChI is InChI=1S/C63H106O6/c1-4-7-10-13-16-19-22-25-28-30-32-34-35-38-41-44-47-50-53-56-62(65)68-59-60(58-67-61(64)55-52-49-46-43-40-37-27-24-21-18-15-12-9-6-3)69-63(66)57-54-51-48-45-42-39-36-33-31-29-26-23-20-17-14-11-8-5-2/h9,11-12,14,17-18,20-21,23,26-27,29,31,33,36-37,60H,4-8,10,13,15-16,19,22,24-25,28,30,32,34-35,38-59H2,1-3H3/b12-9-,14-11-,20-17-,21-18-,26-23-,31-29-,36-33-,37-27-. The molecular formula is C63H106O6. The Morgan fingerprint density at radius 3 is 1.07 bits per heavy atom. The number of unbranched alkanes of at least 4 members (excludes halogenated alkanes) is 28. The summed E-state index contributed by atoms with van der Waals surface area (Å²) in [5, 5.41) is 0. The SMILES string of the molecule is CC/C=C\C/C=C\C/C=C\CCCCCCC(=O)OCC(COC(=O)CCCCCCCCCCCCCCCCCCCCC)OC(=O)CCCCCCC\C=C/C=C\C=C/C=C\C=C/CCC. The van der Waals surface area contributed by atoms with Crippen LogP contribution in [-0.4, -0.2) is 37.2 Å². The van der Waals surface area contributed by atoms with Crippen LogP contribution in [0.1, 0.15) is 265 Å². The zero-order valence-electron chi connectivity index (χ0n) is 45.0. The van der Waals surface area contributed by atoms with Gasteiger partial charge in [-0.05, 0) is 70.6 Å². The van der Waals surface area contributed by atoms with Gasteiger partial charge in [0, 0.05) is 19.3 Å². The van der Waals surface area contributed by atoms with Crippen LogP contribution in [0.3, 0.4) is 0 Å². The average Bonchev–Trinajstić information content (AvgIpc) is 3.35. The van der Waals surface area contributed by atoms with Crippen LogP contribution in [0.5, 0.6) is 0 Å². The van der Waals surface area contributed by atoms with E-state index >= 15 is 0 Å². The third-order valence-corrected chi connectivity index (χ3v) is 12.2. The molecule has 0 aliphatic heterocycles. The highest BCUT2D eigenvalue weighted by molar-refractivity contribution is 5.71. The Morgan fingerprint density at radius 1 is 0.319 bits per heavy atom. The Kier molecular flexibility index (Phi) is 53.9. The van der Waals surface area contributed by atoms with Gasteiger partial charge in [-0.1, -0.05) is 272 Å². The van der Waals surface area contributed by atoms with Gasteiger partial charge in [-0.15, -0.1) is 0 Å². The predicted octanol–water partition coefficient (Wildman–Crippen LogP) is 19.3. The molecule has 0 aromatic rings. The van der Waals surface area contributed by atoms with Gasteiger partial charge in [-0.2, -0.15) is 0 Å². The molecule has 0 aliphatic rings. The first-order valence-corrected chi connectivity index (χ1v) is 28.8. The van der Waals surface area contributed by atoms with Gasteiger partial charge in [0.1, 0.15) is 13.2 Å². The monoisotopic (exact) mass is 959 g/mol. The molecule has 1 unspecified atom stereocenters. The van der Waals surface area contributed by atoms with Crippen molar-refractivity contribution in [3.8, 4) is 0 Å². The lowest BCUT2D eigenvalue weighted by Gasteiger charge is -2.18. The summed E-state index contributed by atoms with van der Waals surface area (Å²) in [5.41, 5.74) is 0. The van der Waals surface area contributed by atoms with Gasteiger partial charge in [0.2, 0.25) is 0 Å². The normalized spacial score (nSPS) is 12.8. The second-order valence-corrected chi connectivity index (χ2v) is 18.9. The fraction of sp³-hybridized carbons (Fsp3) is 0.698. The molecule has 6 heteroatoms. The lowest BCUT2D eigenvalue weighted by Crippen LogP contribution is -2.30. The summed E-state index contributed by atoms with van der Waals surface area (Å²) < 4.78 is 16.8. The third kappa shape index (κ3) is 55.1. The molecule has 0 aromatic carbocycles. The summed E-state index contributed by atoms with van der Waals surface area (Å²) >= 11 is 0. The highest BCUT2D eigenvalue weighted by atomic mass is 16.6. The molecule has 0 aromatic heterocycles. The molecule has 0 aliphatic carbocycles. The lowest BCUT2D eigenvalue weighted by molar-refractivity contribution is -0.167. The van der Waals surface area contributed by atoms with Crippen LogP contribution in [0.15, 0.2) is 97.2 Å². The van der Waals surface area contributed by atoms with Crippen LogP contribution in [0, 0.1) is 0 Å². The third-order valence-electron chi connectivity index (χ3n) is 12.2. The van der Waals surface area contributed by atoms with Crippen molar-refractivity contribution in [3.63, 3.8) is 0 Å². The summed E-state index contributed by atoms with van der Waals surface area (Å²) in [7, 11) is 0. The maximum Gasteiger partial charge on any atom is 0.306 e. The van der Waals surface area contributed by atoms with E-state index in [1.807, 2.05) is 24.3 Å². The zero-order chi connectivity index (χ0) is 50.0. The number of carbonyl (C=O) groups is 3. The average molecular weight is 960 g/mol. The summed E-state index contributed by atoms with van der Waals surface area (Å²) in [6, 6.07) is 0. The minimum atomic E-state index is -0.801. The molecule has 0 rings (SSSR count). The number of hydrogen-bond donors (Lipinski definition) is 0. The van der Waals surface area contributed by atoms with E-state index < -0.39 is 6.10 Å². The Bertz CT molecular complexity index is 1380. The molecule has 0 amide bonds. The number of hydrogen-bond acceptors (Lipinski definition) is 6. The Labute approximate surface area is 426 Å². The minimum Gasteiger partial charge on any atom is -0.462 e. The molecule has 6 nitrogen and oxygen atoms in total. The quantitative estimate of drug-likeness (QED) is 0.0199. The molecule has 0 bridgehead atoms. The number of rotatable bonds is 51. The molecule has 1 atom stereocenters. The van der Waals surface area contributed by atoms with Crippen molar-refractivity contribution in [1.82, 2.24) is 0 Å². The van der Waals surface area contributed by atoms with E-state index in [2.05, 4.69) is 93.7 Å². The van der Waals surface area contributed by atoms with E-state index in [9.17, 15) is 14.4 Å². The molecule has 0 N–H and O–H groups in total.